The third-order valence-electron chi connectivity index (χ3n) is 8.36. The lowest BCUT2D eigenvalue weighted by Gasteiger charge is -2.11. The summed E-state index contributed by atoms with van der Waals surface area (Å²) >= 11 is 0. The van der Waals surface area contributed by atoms with Crippen LogP contribution in [0.3, 0.4) is 0 Å². The second-order valence-corrected chi connectivity index (χ2v) is 11.3. The minimum absolute atomic E-state index is 0.717. The van der Waals surface area contributed by atoms with Gasteiger partial charge in [-0.3, -0.25) is 4.99 Å². The first-order valence-electron chi connectivity index (χ1n) is 15.5. The van der Waals surface area contributed by atoms with Crippen molar-refractivity contribution in [1.29, 1.82) is 0 Å². The minimum Gasteiger partial charge on any atom is -0.455 e. The lowest BCUT2D eigenvalue weighted by atomic mass is 9.97. The Labute approximate surface area is 268 Å². The van der Waals surface area contributed by atoms with Gasteiger partial charge in [-0.2, -0.15) is 0 Å². The molecule has 7 aromatic carbocycles. The van der Waals surface area contributed by atoms with Gasteiger partial charge in [0.15, 0.2) is 0 Å². The molecular weight excluding hydrogens is 560 g/mol. The van der Waals surface area contributed by atoms with E-state index in [2.05, 4.69) is 122 Å². The Balaban J connectivity index is 0.00000109. The van der Waals surface area contributed by atoms with Crippen molar-refractivity contribution in [2.75, 3.05) is 5.73 Å². The third-order valence-corrected chi connectivity index (χ3v) is 8.36. The van der Waals surface area contributed by atoms with Gasteiger partial charge in [0.05, 0.1) is 11.4 Å². The van der Waals surface area contributed by atoms with Crippen molar-refractivity contribution in [2.24, 2.45) is 4.99 Å². The molecule has 46 heavy (non-hydrogen) atoms. The topological polar surface area (TPSA) is 51.5 Å². The monoisotopic (exact) mass is 594 g/mol. The second kappa shape index (κ2) is 12.6. The van der Waals surface area contributed by atoms with Crippen molar-refractivity contribution in [1.82, 2.24) is 0 Å². The minimum atomic E-state index is 0.717. The maximum Gasteiger partial charge on any atom is 0.143 e. The number of aliphatic imine (C=N–C) groups is 1. The van der Waals surface area contributed by atoms with Gasteiger partial charge in [-0.1, -0.05) is 133 Å². The number of furan rings is 1. The summed E-state index contributed by atoms with van der Waals surface area (Å²) in [6.07, 6.45) is 4.44. The molecule has 8 aromatic rings. The molecule has 1 heterocycles. The van der Waals surface area contributed by atoms with E-state index in [0.29, 0.717) is 0 Å². The fourth-order valence-electron chi connectivity index (χ4n) is 6.21. The molecule has 0 unspecified atom stereocenters. The van der Waals surface area contributed by atoms with Gasteiger partial charge in [-0.15, -0.1) is 6.58 Å². The van der Waals surface area contributed by atoms with Gasteiger partial charge in [-0.25, -0.2) is 0 Å². The number of benzene rings is 7. The van der Waals surface area contributed by atoms with Crippen LogP contribution in [0, 0.1) is 0 Å². The zero-order valence-electron chi connectivity index (χ0n) is 25.8. The van der Waals surface area contributed by atoms with Crippen molar-refractivity contribution in [3.05, 3.63) is 158 Å². The van der Waals surface area contributed by atoms with Gasteiger partial charge in [0, 0.05) is 39.7 Å². The van der Waals surface area contributed by atoms with Crippen LogP contribution in [0.4, 0.5) is 11.4 Å². The molecule has 0 aliphatic rings. The van der Waals surface area contributed by atoms with Crippen LogP contribution < -0.4 is 5.73 Å². The summed E-state index contributed by atoms with van der Waals surface area (Å²) in [6.45, 7) is 5.25. The highest BCUT2D eigenvalue weighted by molar-refractivity contribution is 6.19. The largest absolute Gasteiger partial charge is 0.455 e. The first-order valence-corrected chi connectivity index (χ1v) is 15.5. The normalized spacial score (nSPS) is 11.3. The fraction of sp³-hybridized carbons (Fsp3) is 0.0465. The SMILES string of the molecule is C=CC.Nc1c(N=CCc2ccc(-c3cccc(-c4cccc5c4oc4ccccc45)c3)cc2)c2ccccc2c2ccccc12. The van der Waals surface area contributed by atoms with E-state index < -0.39 is 0 Å². The molecule has 0 fully saturated rings. The fourth-order valence-corrected chi connectivity index (χ4v) is 6.21. The van der Waals surface area contributed by atoms with Crippen molar-refractivity contribution >= 4 is 61.1 Å². The van der Waals surface area contributed by atoms with Crippen molar-refractivity contribution in [2.45, 2.75) is 13.3 Å². The molecule has 1 aromatic heterocycles. The van der Waals surface area contributed by atoms with Crippen LogP contribution in [-0.4, -0.2) is 6.21 Å². The van der Waals surface area contributed by atoms with Crippen LogP contribution in [0.1, 0.15) is 12.5 Å². The number of allylic oxidation sites excluding steroid dienone is 1. The molecule has 0 aliphatic heterocycles. The Morgan fingerprint density at radius 2 is 1.20 bits per heavy atom. The molecule has 0 atom stereocenters. The standard InChI is InChI=1S/C40H28N2O.C3H6/c41-38-34-14-3-1-11-31(34)32-12-2-4-15-35(32)39(38)42-24-23-26-19-21-27(22-20-26)28-9-7-10-29(25-28)30-16-8-17-36-33-13-5-6-18-37(33)43-40(30)36;1-3-2/h1-22,24-25H,23,41H2;3H,1H2,2H3. The van der Waals surface area contributed by atoms with Crippen molar-refractivity contribution in [3.8, 4) is 22.3 Å². The maximum atomic E-state index is 6.63. The van der Waals surface area contributed by atoms with E-state index in [4.69, 9.17) is 15.1 Å². The lowest BCUT2D eigenvalue weighted by molar-refractivity contribution is 0.670. The number of nitrogens with two attached hydrogens (primary N) is 1. The summed E-state index contributed by atoms with van der Waals surface area (Å²) in [4.78, 5) is 4.89. The number of hydrogen-bond donors (Lipinski definition) is 1. The highest BCUT2D eigenvalue weighted by atomic mass is 16.3. The Bertz CT molecular complexity index is 2380. The Hall–Kier alpha value is -5.93. The Morgan fingerprint density at radius 1 is 0.609 bits per heavy atom. The van der Waals surface area contributed by atoms with E-state index in [1.54, 1.807) is 6.08 Å². The molecular formula is C43H34N2O. The average molecular weight is 595 g/mol. The average Bonchev–Trinajstić information content (AvgIpc) is 3.49. The van der Waals surface area contributed by atoms with Crippen LogP contribution in [-0.2, 0) is 6.42 Å². The highest BCUT2D eigenvalue weighted by Crippen LogP contribution is 2.40. The molecule has 222 valence electrons. The van der Waals surface area contributed by atoms with Gasteiger partial charge >= 0.3 is 0 Å². The van der Waals surface area contributed by atoms with Crippen LogP contribution in [0.15, 0.2) is 162 Å². The van der Waals surface area contributed by atoms with E-state index in [1.165, 1.54) is 22.1 Å². The van der Waals surface area contributed by atoms with Crippen LogP contribution in [0.5, 0.6) is 0 Å². The van der Waals surface area contributed by atoms with E-state index in [-0.39, 0.29) is 0 Å². The first-order chi connectivity index (χ1) is 22.7. The Kier molecular flexibility index (Phi) is 7.89. The summed E-state index contributed by atoms with van der Waals surface area (Å²) in [5.41, 5.74) is 15.8. The summed E-state index contributed by atoms with van der Waals surface area (Å²) < 4.78 is 6.30. The number of para-hydroxylation sites is 2. The molecule has 0 saturated carbocycles. The van der Waals surface area contributed by atoms with E-state index in [0.717, 1.165) is 67.0 Å². The van der Waals surface area contributed by atoms with Crippen molar-refractivity contribution in [3.63, 3.8) is 0 Å². The number of rotatable bonds is 5. The van der Waals surface area contributed by atoms with E-state index in [9.17, 15) is 0 Å². The van der Waals surface area contributed by atoms with Crippen LogP contribution >= 0.6 is 0 Å². The van der Waals surface area contributed by atoms with Gasteiger partial charge < -0.3 is 10.2 Å². The summed E-state index contributed by atoms with van der Waals surface area (Å²) in [5, 5.41) is 6.72. The molecule has 0 spiro atoms. The number of fused-ring (bicyclic) bond motifs is 6. The predicted molar refractivity (Wildman–Crippen MR) is 198 cm³/mol. The molecule has 0 bridgehead atoms. The molecule has 2 N–H and O–H groups in total. The van der Waals surface area contributed by atoms with Gasteiger partial charge in [-0.05, 0) is 52.1 Å². The zero-order chi connectivity index (χ0) is 31.5. The second-order valence-electron chi connectivity index (χ2n) is 11.3. The summed E-state index contributed by atoms with van der Waals surface area (Å²) in [6, 6.07) is 48.6. The molecule has 0 saturated heterocycles. The maximum absolute atomic E-state index is 6.63. The first kappa shape index (κ1) is 28.8. The Morgan fingerprint density at radius 3 is 1.96 bits per heavy atom. The third kappa shape index (κ3) is 5.33. The molecule has 0 radical (unpaired) electrons. The summed E-state index contributed by atoms with van der Waals surface area (Å²) in [7, 11) is 0. The van der Waals surface area contributed by atoms with E-state index in [1.807, 2.05) is 37.4 Å². The smallest absolute Gasteiger partial charge is 0.143 e. The molecule has 0 amide bonds. The van der Waals surface area contributed by atoms with E-state index >= 15 is 0 Å². The number of nitrogen functional groups attached to an aromatic ring is 1. The molecule has 0 aliphatic carbocycles. The lowest BCUT2D eigenvalue weighted by Crippen LogP contribution is -1.92. The van der Waals surface area contributed by atoms with Gasteiger partial charge in [0.1, 0.15) is 11.2 Å². The predicted octanol–water partition coefficient (Wildman–Crippen LogP) is 11.9. The van der Waals surface area contributed by atoms with Crippen molar-refractivity contribution < 1.29 is 4.42 Å². The molecule has 8 rings (SSSR count). The molecule has 3 heteroatoms. The quantitative estimate of drug-likeness (QED) is 0.0932. The number of nitrogens with zero attached hydrogens (tertiary/aromatic N) is 1. The summed E-state index contributed by atoms with van der Waals surface area (Å²) in [5.74, 6) is 0. The van der Waals surface area contributed by atoms with Crippen LogP contribution in [0.2, 0.25) is 0 Å². The number of anilines is 1. The highest BCUT2D eigenvalue weighted by Gasteiger charge is 2.13. The van der Waals surface area contributed by atoms with Gasteiger partial charge in [0.25, 0.3) is 0 Å². The zero-order valence-corrected chi connectivity index (χ0v) is 25.8. The number of hydrogen-bond acceptors (Lipinski definition) is 3. The molecule has 3 nitrogen and oxygen atoms in total. The van der Waals surface area contributed by atoms with Gasteiger partial charge in [0.2, 0.25) is 0 Å². The van der Waals surface area contributed by atoms with Crippen LogP contribution in [0.25, 0.3) is 65.7 Å².